The number of nitrogens with one attached hydrogen (secondary N) is 1. The van der Waals surface area contributed by atoms with E-state index in [-0.39, 0.29) is 17.6 Å². The first-order chi connectivity index (χ1) is 9.86. The smallest absolute Gasteiger partial charge is 0.240 e. The van der Waals surface area contributed by atoms with Crippen LogP contribution in [0.3, 0.4) is 0 Å². The van der Waals surface area contributed by atoms with Crippen LogP contribution in [-0.4, -0.2) is 28.8 Å². The highest BCUT2D eigenvalue weighted by atomic mass is 32.2. The summed E-state index contributed by atoms with van der Waals surface area (Å²) in [5.74, 6) is 1.04. The molecule has 0 aliphatic rings. The van der Waals surface area contributed by atoms with Crippen molar-refractivity contribution in [2.45, 2.75) is 45.9 Å². The number of amides is 2. The second kappa shape index (κ2) is 8.07. The van der Waals surface area contributed by atoms with Gasteiger partial charge in [0.25, 0.3) is 0 Å². The van der Waals surface area contributed by atoms with Crippen LogP contribution in [0.4, 0.5) is 0 Å². The zero-order valence-corrected chi connectivity index (χ0v) is 13.8. The lowest BCUT2D eigenvalue weighted by Gasteiger charge is -2.20. The zero-order valence-electron chi connectivity index (χ0n) is 12.9. The zero-order chi connectivity index (χ0) is 16.0. The van der Waals surface area contributed by atoms with Crippen molar-refractivity contribution in [2.75, 3.05) is 5.75 Å². The quantitative estimate of drug-likeness (QED) is 0.758. The number of aromatic nitrogens is 1. The maximum Gasteiger partial charge on any atom is 0.240 e. The lowest BCUT2D eigenvalue weighted by molar-refractivity contribution is -0.127. The van der Waals surface area contributed by atoms with Gasteiger partial charge in [0.1, 0.15) is 11.8 Å². The van der Waals surface area contributed by atoms with Gasteiger partial charge in [0.2, 0.25) is 11.8 Å². The van der Waals surface area contributed by atoms with E-state index in [1.165, 1.54) is 11.8 Å². The van der Waals surface area contributed by atoms with Gasteiger partial charge < -0.3 is 15.6 Å². The predicted octanol–water partition coefficient (Wildman–Crippen LogP) is 1.54. The Morgan fingerprint density at radius 3 is 2.57 bits per heavy atom. The van der Waals surface area contributed by atoms with Gasteiger partial charge in [-0.2, -0.15) is 0 Å². The van der Waals surface area contributed by atoms with Gasteiger partial charge in [0, 0.05) is 11.3 Å². The van der Waals surface area contributed by atoms with E-state index in [0.29, 0.717) is 5.75 Å². The molecular formula is C14H23N3O3S. The minimum absolute atomic E-state index is 0.0269. The van der Waals surface area contributed by atoms with Gasteiger partial charge in [-0.15, -0.1) is 11.8 Å². The lowest BCUT2D eigenvalue weighted by atomic mass is 9.99. The van der Waals surface area contributed by atoms with E-state index in [0.717, 1.165) is 23.4 Å². The van der Waals surface area contributed by atoms with E-state index < -0.39 is 11.9 Å². The monoisotopic (exact) mass is 313 g/mol. The van der Waals surface area contributed by atoms with Gasteiger partial charge in [-0.1, -0.05) is 25.4 Å². The Hall–Kier alpha value is -1.50. The molecule has 1 aromatic rings. The number of hydrogen-bond donors (Lipinski definition) is 2. The van der Waals surface area contributed by atoms with Gasteiger partial charge in [-0.05, 0) is 19.8 Å². The van der Waals surface area contributed by atoms with E-state index >= 15 is 0 Å². The van der Waals surface area contributed by atoms with Crippen LogP contribution in [0.1, 0.15) is 37.3 Å². The van der Waals surface area contributed by atoms with Gasteiger partial charge >= 0.3 is 0 Å². The number of hydrogen-bond acceptors (Lipinski definition) is 5. The third kappa shape index (κ3) is 5.08. The molecule has 1 aromatic heterocycles. The van der Waals surface area contributed by atoms with Crippen LogP contribution in [0.2, 0.25) is 0 Å². The number of carbonyl (C=O) groups excluding carboxylic acids is 2. The third-order valence-corrected chi connectivity index (χ3v) is 4.46. The Labute approximate surface area is 129 Å². The fourth-order valence-electron chi connectivity index (χ4n) is 1.90. The first-order valence-corrected chi connectivity index (χ1v) is 8.10. The van der Waals surface area contributed by atoms with Crippen LogP contribution in [0.5, 0.6) is 0 Å². The highest BCUT2D eigenvalue weighted by Gasteiger charge is 2.23. The Bertz CT molecular complexity index is 482. The van der Waals surface area contributed by atoms with Gasteiger partial charge in [0.05, 0.1) is 11.4 Å². The normalized spacial score (nSPS) is 13.7. The van der Waals surface area contributed by atoms with Crippen LogP contribution in [-0.2, 0) is 15.3 Å². The topological polar surface area (TPSA) is 98.2 Å². The number of rotatable bonds is 8. The molecule has 2 amide bonds. The van der Waals surface area contributed by atoms with Crippen LogP contribution in [0.15, 0.2) is 4.52 Å². The Kier molecular flexibility index (Phi) is 6.74. The number of aryl methyl sites for hydroxylation is 2. The lowest BCUT2D eigenvalue weighted by Crippen LogP contribution is -2.48. The Balaban J connectivity index is 2.45. The summed E-state index contributed by atoms with van der Waals surface area (Å²) in [4.78, 5) is 23.3. The highest BCUT2D eigenvalue weighted by Crippen LogP contribution is 2.19. The summed E-state index contributed by atoms with van der Waals surface area (Å²) in [6.07, 6.45) is 0.778. The molecule has 2 atom stereocenters. The summed E-state index contributed by atoms with van der Waals surface area (Å²) in [5.41, 5.74) is 7.18. The molecule has 0 aliphatic carbocycles. The average molecular weight is 313 g/mol. The average Bonchev–Trinajstić information content (AvgIpc) is 2.75. The van der Waals surface area contributed by atoms with Crippen molar-refractivity contribution in [2.24, 2.45) is 11.7 Å². The number of nitrogens with zero attached hydrogens (tertiary/aromatic N) is 1. The van der Waals surface area contributed by atoms with Crippen molar-refractivity contribution in [3.8, 4) is 0 Å². The van der Waals surface area contributed by atoms with Crippen LogP contribution in [0, 0.1) is 19.8 Å². The van der Waals surface area contributed by atoms with E-state index in [1.807, 2.05) is 27.7 Å². The molecule has 1 rings (SSSR count). The molecule has 0 fully saturated rings. The molecule has 6 nitrogen and oxygen atoms in total. The molecule has 1 heterocycles. The minimum Gasteiger partial charge on any atom is -0.368 e. The molecule has 0 aromatic carbocycles. The van der Waals surface area contributed by atoms with Crippen molar-refractivity contribution >= 4 is 23.6 Å². The van der Waals surface area contributed by atoms with E-state index in [1.54, 1.807) is 0 Å². The van der Waals surface area contributed by atoms with E-state index in [4.69, 9.17) is 10.3 Å². The van der Waals surface area contributed by atoms with E-state index in [2.05, 4.69) is 10.5 Å². The van der Waals surface area contributed by atoms with Crippen molar-refractivity contribution in [3.05, 3.63) is 17.0 Å². The first kappa shape index (κ1) is 17.6. The molecule has 21 heavy (non-hydrogen) atoms. The van der Waals surface area contributed by atoms with Crippen molar-refractivity contribution in [3.63, 3.8) is 0 Å². The molecule has 3 N–H and O–H groups in total. The molecule has 118 valence electrons. The van der Waals surface area contributed by atoms with Crippen LogP contribution in [0.25, 0.3) is 0 Å². The standard InChI is InChI=1S/C14H23N3O3S/c1-5-8(2)13(14(15)19)16-12(18)7-21-6-11-9(3)17-20-10(11)4/h8,13H,5-7H2,1-4H3,(H2,15,19)(H,16,18). The number of nitrogens with two attached hydrogens (primary N) is 1. The van der Waals surface area contributed by atoms with Crippen molar-refractivity contribution in [1.29, 1.82) is 0 Å². The molecule has 0 saturated heterocycles. The summed E-state index contributed by atoms with van der Waals surface area (Å²) in [6.45, 7) is 7.58. The summed E-state index contributed by atoms with van der Waals surface area (Å²) in [5, 5.41) is 6.57. The van der Waals surface area contributed by atoms with Crippen molar-refractivity contribution in [1.82, 2.24) is 10.5 Å². The minimum atomic E-state index is -0.609. The van der Waals surface area contributed by atoms with Gasteiger partial charge in [-0.25, -0.2) is 0 Å². The Morgan fingerprint density at radius 2 is 2.10 bits per heavy atom. The largest absolute Gasteiger partial charge is 0.368 e. The summed E-state index contributed by atoms with van der Waals surface area (Å²) < 4.78 is 5.07. The summed E-state index contributed by atoms with van der Waals surface area (Å²) in [6, 6.07) is -0.609. The molecule has 7 heteroatoms. The molecular weight excluding hydrogens is 290 g/mol. The maximum atomic E-state index is 11.9. The third-order valence-electron chi connectivity index (χ3n) is 3.50. The second-order valence-corrected chi connectivity index (χ2v) is 6.11. The van der Waals surface area contributed by atoms with E-state index in [9.17, 15) is 9.59 Å². The molecule has 0 radical (unpaired) electrons. The first-order valence-electron chi connectivity index (χ1n) is 6.95. The predicted molar refractivity (Wildman–Crippen MR) is 82.7 cm³/mol. The van der Waals surface area contributed by atoms with Crippen LogP contribution >= 0.6 is 11.8 Å². The van der Waals surface area contributed by atoms with Gasteiger partial charge in [0.15, 0.2) is 0 Å². The highest BCUT2D eigenvalue weighted by molar-refractivity contribution is 7.99. The second-order valence-electron chi connectivity index (χ2n) is 5.13. The Morgan fingerprint density at radius 1 is 1.43 bits per heavy atom. The number of carbonyl (C=O) groups is 2. The molecule has 2 unspecified atom stereocenters. The molecule has 0 spiro atoms. The summed E-state index contributed by atoms with van der Waals surface area (Å²) >= 11 is 1.46. The number of thioether (sulfide) groups is 1. The molecule has 0 bridgehead atoms. The SMILES string of the molecule is CCC(C)C(NC(=O)CSCc1c(C)noc1C)C(N)=O. The maximum absolute atomic E-state index is 11.9. The summed E-state index contributed by atoms with van der Waals surface area (Å²) in [7, 11) is 0. The molecule has 0 saturated carbocycles. The number of primary amides is 1. The fraction of sp³-hybridized carbons (Fsp3) is 0.643. The molecule has 0 aliphatic heterocycles. The fourth-order valence-corrected chi connectivity index (χ4v) is 2.89. The van der Waals surface area contributed by atoms with Gasteiger partial charge in [-0.3, -0.25) is 9.59 Å². The van der Waals surface area contributed by atoms with Crippen molar-refractivity contribution < 1.29 is 14.1 Å². The van der Waals surface area contributed by atoms with Crippen LogP contribution < -0.4 is 11.1 Å².